The Morgan fingerprint density at radius 3 is 2.96 bits per heavy atom. The number of carbonyl (C=O) groups excluding carboxylic acids is 2. The number of oxazole rings is 1. The number of benzene rings is 1. The van der Waals surface area contributed by atoms with E-state index in [1.165, 1.54) is 5.01 Å². The molecule has 0 radical (unpaired) electrons. The van der Waals surface area contributed by atoms with E-state index in [2.05, 4.69) is 22.7 Å². The summed E-state index contributed by atoms with van der Waals surface area (Å²) < 4.78 is 5.74. The van der Waals surface area contributed by atoms with Crippen LogP contribution < -0.4 is 15.8 Å². The number of para-hydroxylation sites is 2. The lowest BCUT2D eigenvalue weighted by Crippen LogP contribution is -2.57. The van der Waals surface area contributed by atoms with Gasteiger partial charge in [-0.25, -0.2) is 5.43 Å². The molecule has 2 N–H and O–H groups in total. The third-order valence-corrected chi connectivity index (χ3v) is 5.78. The fraction of sp³-hybridized carbons (Fsp3) is 0.500. The molecule has 7 nitrogen and oxygen atoms in total. The smallest absolute Gasteiger partial charge is 0.320 e. The van der Waals surface area contributed by atoms with Gasteiger partial charge < -0.3 is 4.42 Å². The molecule has 3 fully saturated rings. The number of aromatic nitrogens is 1. The highest BCUT2D eigenvalue weighted by Gasteiger charge is 2.54. The van der Waals surface area contributed by atoms with Crippen LogP contribution in [0, 0.1) is 23.7 Å². The number of nitrogens with one attached hydrogen (secondary N) is 2. The molecular formula is C18H20N4O3. The van der Waals surface area contributed by atoms with Gasteiger partial charge in [-0.3, -0.25) is 14.9 Å². The maximum absolute atomic E-state index is 13.1. The Labute approximate surface area is 144 Å². The van der Waals surface area contributed by atoms with Crippen LogP contribution in [0.2, 0.25) is 0 Å². The average Bonchev–Trinajstić information content (AvgIpc) is 3.15. The van der Waals surface area contributed by atoms with Crippen LogP contribution in [0.25, 0.3) is 11.1 Å². The van der Waals surface area contributed by atoms with Gasteiger partial charge in [-0.1, -0.05) is 19.1 Å². The van der Waals surface area contributed by atoms with Crippen molar-refractivity contribution in [3.63, 3.8) is 0 Å². The number of piperidine rings is 1. The lowest BCUT2D eigenvalue weighted by molar-refractivity contribution is -0.134. The lowest BCUT2D eigenvalue weighted by Gasteiger charge is -2.42. The van der Waals surface area contributed by atoms with E-state index in [0.717, 1.165) is 6.42 Å². The van der Waals surface area contributed by atoms with Crippen molar-refractivity contribution in [3.8, 4) is 0 Å². The molecule has 2 aromatic rings. The first-order valence-corrected chi connectivity index (χ1v) is 8.83. The maximum atomic E-state index is 13.1. The predicted octanol–water partition coefficient (Wildman–Crippen LogP) is 1.46. The summed E-state index contributed by atoms with van der Waals surface area (Å²) in [5.41, 5.74) is 4.55. The molecule has 7 heteroatoms. The molecule has 0 bridgehead atoms. The van der Waals surface area contributed by atoms with Gasteiger partial charge in [0.15, 0.2) is 5.58 Å². The number of hydrogen-bond acceptors (Lipinski definition) is 6. The number of Topliss-reactive ketones (excluding diaryl/α,β-unsaturated/α-hetero) is 1. The van der Waals surface area contributed by atoms with Crippen molar-refractivity contribution in [2.45, 2.75) is 25.9 Å². The molecule has 2 aliphatic heterocycles. The number of carbonyl (C=O) groups is 2. The number of fused-ring (bicyclic) bond motifs is 4. The van der Waals surface area contributed by atoms with Crippen LogP contribution in [0.5, 0.6) is 0 Å². The Kier molecular flexibility index (Phi) is 3.23. The monoisotopic (exact) mass is 340 g/mol. The Balaban J connectivity index is 1.48. The van der Waals surface area contributed by atoms with Gasteiger partial charge in [0.05, 0.1) is 12.1 Å². The van der Waals surface area contributed by atoms with E-state index in [4.69, 9.17) is 4.42 Å². The molecule has 1 saturated carbocycles. The van der Waals surface area contributed by atoms with E-state index in [-0.39, 0.29) is 41.6 Å². The second-order valence-corrected chi connectivity index (χ2v) is 7.46. The zero-order valence-corrected chi connectivity index (χ0v) is 13.9. The molecule has 1 amide bonds. The highest BCUT2D eigenvalue weighted by atomic mass is 16.4. The second kappa shape index (κ2) is 5.37. The highest BCUT2D eigenvalue weighted by molar-refractivity contribution is 5.97. The first kappa shape index (κ1) is 15.0. The molecule has 25 heavy (non-hydrogen) atoms. The summed E-state index contributed by atoms with van der Waals surface area (Å²) in [6.07, 6.45) is 1.35. The highest BCUT2D eigenvalue weighted by Crippen LogP contribution is 2.42. The number of amides is 1. The number of rotatable bonds is 1. The molecule has 130 valence electrons. The van der Waals surface area contributed by atoms with E-state index in [9.17, 15) is 9.59 Å². The van der Waals surface area contributed by atoms with Crippen molar-refractivity contribution in [1.29, 1.82) is 0 Å². The van der Waals surface area contributed by atoms with Crippen LogP contribution in [0.15, 0.2) is 28.7 Å². The summed E-state index contributed by atoms with van der Waals surface area (Å²) in [7, 11) is 0. The van der Waals surface area contributed by atoms with Crippen molar-refractivity contribution in [1.82, 2.24) is 15.7 Å². The number of hydrazine groups is 1. The molecule has 1 aromatic carbocycles. The molecule has 3 heterocycles. The van der Waals surface area contributed by atoms with Crippen LogP contribution in [0.3, 0.4) is 0 Å². The van der Waals surface area contributed by atoms with E-state index in [1.54, 1.807) is 0 Å². The number of anilines is 1. The minimum atomic E-state index is -0.263. The molecule has 3 aliphatic rings. The summed E-state index contributed by atoms with van der Waals surface area (Å²) in [5, 5.41) is 4.74. The molecule has 1 aliphatic carbocycles. The van der Waals surface area contributed by atoms with E-state index in [0.29, 0.717) is 30.0 Å². The van der Waals surface area contributed by atoms with Gasteiger partial charge in [0.25, 0.3) is 5.91 Å². The summed E-state index contributed by atoms with van der Waals surface area (Å²) in [4.78, 5) is 29.9. The second-order valence-electron chi connectivity index (χ2n) is 7.46. The van der Waals surface area contributed by atoms with Crippen LogP contribution in [0.1, 0.15) is 19.8 Å². The molecule has 5 rings (SSSR count). The van der Waals surface area contributed by atoms with Gasteiger partial charge in [0.2, 0.25) is 0 Å². The summed E-state index contributed by atoms with van der Waals surface area (Å²) in [6.45, 7) is 2.72. The summed E-state index contributed by atoms with van der Waals surface area (Å²) >= 11 is 0. The Morgan fingerprint density at radius 2 is 2.12 bits per heavy atom. The quantitative estimate of drug-likeness (QED) is 0.817. The topological polar surface area (TPSA) is 87.5 Å². The largest absolute Gasteiger partial charge is 0.422 e. The Morgan fingerprint density at radius 1 is 1.28 bits per heavy atom. The molecule has 5 unspecified atom stereocenters. The van der Waals surface area contributed by atoms with Crippen LogP contribution in [-0.4, -0.2) is 29.4 Å². The van der Waals surface area contributed by atoms with Crippen LogP contribution >= 0.6 is 0 Å². The van der Waals surface area contributed by atoms with Crippen LogP contribution in [0.4, 0.5) is 6.01 Å². The first-order valence-electron chi connectivity index (χ1n) is 8.83. The zero-order valence-electron chi connectivity index (χ0n) is 13.9. The molecular weight excluding hydrogens is 320 g/mol. The van der Waals surface area contributed by atoms with E-state index in [1.807, 2.05) is 24.3 Å². The van der Waals surface area contributed by atoms with Crippen LogP contribution in [-0.2, 0) is 9.59 Å². The summed E-state index contributed by atoms with van der Waals surface area (Å²) in [5.74, 6) is 0.297. The predicted molar refractivity (Wildman–Crippen MR) is 90.3 cm³/mol. The van der Waals surface area contributed by atoms with Gasteiger partial charge in [-0.05, 0) is 30.4 Å². The zero-order chi connectivity index (χ0) is 17.1. The van der Waals surface area contributed by atoms with Crippen molar-refractivity contribution >= 4 is 28.8 Å². The number of ketones is 1. The van der Waals surface area contributed by atoms with Crippen molar-refractivity contribution in [2.24, 2.45) is 23.7 Å². The van der Waals surface area contributed by atoms with Gasteiger partial charge >= 0.3 is 6.01 Å². The third-order valence-electron chi connectivity index (χ3n) is 5.78. The summed E-state index contributed by atoms with van der Waals surface area (Å²) in [6, 6.07) is 7.70. The third kappa shape index (κ3) is 2.22. The first-order chi connectivity index (χ1) is 12.1. The van der Waals surface area contributed by atoms with E-state index < -0.39 is 0 Å². The van der Waals surface area contributed by atoms with Crippen molar-refractivity contribution < 1.29 is 14.0 Å². The average molecular weight is 340 g/mol. The standard InChI is InChI=1S/C18H20N4O3/c1-9-6-10-11(13(23)7-9)8-19-16-15(10)17(24)22(21-16)18-20-12-4-2-3-5-14(12)25-18/h2-5,9-11,15-16,19,21H,6-8H2,1H3. The number of hydrogen-bond donors (Lipinski definition) is 2. The number of nitrogens with zero attached hydrogens (tertiary/aromatic N) is 2. The van der Waals surface area contributed by atoms with E-state index >= 15 is 0 Å². The van der Waals surface area contributed by atoms with Gasteiger partial charge in [0, 0.05) is 18.9 Å². The lowest BCUT2D eigenvalue weighted by atomic mass is 9.66. The Hall–Kier alpha value is -2.25. The van der Waals surface area contributed by atoms with Crippen molar-refractivity contribution in [2.75, 3.05) is 11.6 Å². The molecule has 1 aromatic heterocycles. The minimum Gasteiger partial charge on any atom is -0.422 e. The fourth-order valence-corrected chi connectivity index (χ4v) is 4.64. The van der Waals surface area contributed by atoms with Gasteiger partial charge in [0.1, 0.15) is 11.3 Å². The van der Waals surface area contributed by atoms with Crippen molar-refractivity contribution in [3.05, 3.63) is 24.3 Å². The maximum Gasteiger partial charge on any atom is 0.320 e. The minimum absolute atomic E-state index is 0.0632. The van der Waals surface area contributed by atoms with Gasteiger partial charge in [-0.2, -0.15) is 9.99 Å². The van der Waals surface area contributed by atoms with Gasteiger partial charge in [-0.15, -0.1) is 0 Å². The normalized spacial score (nSPS) is 35.1. The molecule has 5 atom stereocenters. The molecule has 2 saturated heterocycles. The Bertz CT molecular complexity index is 830. The fourth-order valence-electron chi connectivity index (χ4n) is 4.64. The SMILES string of the molecule is CC1CC(=O)C2CNC3NN(c4nc5ccccc5o4)C(=O)C3C2C1. The molecule has 0 spiro atoms.